The summed E-state index contributed by atoms with van der Waals surface area (Å²) in [7, 11) is -1.30. The number of carboxylic acids is 1. The van der Waals surface area contributed by atoms with Crippen molar-refractivity contribution in [2.45, 2.75) is 45.3 Å². The van der Waals surface area contributed by atoms with Crippen molar-refractivity contribution in [2.24, 2.45) is 0 Å². The van der Waals surface area contributed by atoms with Gasteiger partial charge in [0.1, 0.15) is 12.2 Å². The Morgan fingerprint density at radius 3 is 2.63 bits per heavy atom. The standard InChI is InChI=1S/C20H30F2N4O3Si/c1-30(2,3)11-10-29-13-26-18-14(19(27)28)12-15(21)16(22)17(18)24-20(26)23-6-9-25-7-4-5-8-25/h12H,4-11,13H2,1-3H3,(H,23,24)(H,27,28). The van der Waals surface area contributed by atoms with E-state index in [9.17, 15) is 18.7 Å². The fourth-order valence-corrected chi connectivity index (χ4v) is 4.30. The molecule has 0 radical (unpaired) electrons. The molecule has 1 aliphatic rings. The second-order valence-corrected chi connectivity index (χ2v) is 14.5. The molecule has 1 aromatic heterocycles. The number of ether oxygens (including phenoxy) is 1. The van der Waals surface area contributed by atoms with Crippen LogP contribution in [0.1, 0.15) is 23.2 Å². The number of likely N-dealkylation sites (tertiary alicyclic amines) is 1. The molecule has 0 amide bonds. The summed E-state index contributed by atoms with van der Waals surface area (Å²) in [5, 5.41) is 12.7. The maximum atomic E-state index is 14.4. The molecule has 166 valence electrons. The molecule has 0 spiro atoms. The molecule has 3 rings (SSSR count). The Bertz CT molecular complexity index is 908. The monoisotopic (exact) mass is 440 g/mol. The van der Waals surface area contributed by atoms with Gasteiger partial charge in [0, 0.05) is 27.8 Å². The number of benzene rings is 1. The summed E-state index contributed by atoms with van der Waals surface area (Å²) in [4.78, 5) is 18.2. The van der Waals surface area contributed by atoms with Gasteiger partial charge in [-0.25, -0.2) is 18.6 Å². The van der Waals surface area contributed by atoms with Crippen LogP contribution in [0.15, 0.2) is 6.07 Å². The van der Waals surface area contributed by atoms with E-state index >= 15 is 0 Å². The molecule has 0 bridgehead atoms. The molecule has 7 nitrogen and oxygen atoms in total. The van der Waals surface area contributed by atoms with Crippen molar-refractivity contribution >= 4 is 31.0 Å². The van der Waals surface area contributed by atoms with Crippen LogP contribution in [0.2, 0.25) is 25.7 Å². The van der Waals surface area contributed by atoms with Crippen LogP contribution in [-0.4, -0.2) is 66.4 Å². The summed E-state index contributed by atoms with van der Waals surface area (Å²) >= 11 is 0. The Hall–Kier alpha value is -2.04. The van der Waals surface area contributed by atoms with Crippen LogP contribution in [0, 0.1) is 11.6 Å². The summed E-state index contributed by atoms with van der Waals surface area (Å²) in [6.45, 7) is 10.7. The first kappa shape index (κ1) is 22.6. The summed E-state index contributed by atoms with van der Waals surface area (Å²) < 4.78 is 35.7. The van der Waals surface area contributed by atoms with Crippen molar-refractivity contribution in [3.63, 3.8) is 0 Å². The average molecular weight is 441 g/mol. The molecular weight excluding hydrogens is 410 g/mol. The zero-order valence-corrected chi connectivity index (χ0v) is 18.8. The van der Waals surface area contributed by atoms with E-state index < -0.39 is 25.7 Å². The molecule has 0 saturated carbocycles. The number of halogens is 2. The third-order valence-corrected chi connectivity index (χ3v) is 6.97. The molecule has 1 aromatic carbocycles. The highest BCUT2D eigenvalue weighted by Crippen LogP contribution is 2.28. The normalized spacial score (nSPS) is 15.2. The van der Waals surface area contributed by atoms with E-state index in [4.69, 9.17) is 4.74 Å². The zero-order chi connectivity index (χ0) is 21.9. The van der Waals surface area contributed by atoms with Gasteiger partial charge in [-0.2, -0.15) is 0 Å². The van der Waals surface area contributed by atoms with Crippen molar-refractivity contribution in [1.82, 2.24) is 14.5 Å². The van der Waals surface area contributed by atoms with Crippen LogP contribution >= 0.6 is 0 Å². The van der Waals surface area contributed by atoms with Crippen molar-refractivity contribution in [3.8, 4) is 0 Å². The number of nitrogens with one attached hydrogen (secondary N) is 1. The summed E-state index contributed by atoms with van der Waals surface area (Å²) in [6.07, 6.45) is 2.35. The zero-order valence-electron chi connectivity index (χ0n) is 17.8. The van der Waals surface area contributed by atoms with Gasteiger partial charge in [-0.05, 0) is 38.0 Å². The fourth-order valence-electron chi connectivity index (χ4n) is 3.54. The van der Waals surface area contributed by atoms with E-state index in [0.29, 0.717) is 19.2 Å². The maximum Gasteiger partial charge on any atom is 0.338 e. The van der Waals surface area contributed by atoms with Crippen LogP contribution in [0.4, 0.5) is 14.7 Å². The lowest BCUT2D eigenvalue weighted by Gasteiger charge is -2.18. The number of fused-ring (bicyclic) bond motifs is 1. The van der Waals surface area contributed by atoms with Crippen LogP contribution in [0.25, 0.3) is 11.0 Å². The van der Waals surface area contributed by atoms with Crippen molar-refractivity contribution in [2.75, 3.05) is 38.1 Å². The Morgan fingerprint density at radius 1 is 1.30 bits per heavy atom. The number of hydrogen-bond acceptors (Lipinski definition) is 5. The molecule has 2 N–H and O–H groups in total. The number of rotatable bonds is 10. The minimum atomic E-state index is -1.34. The van der Waals surface area contributed by atoms with E-state index in [-0.39, 0.29) is 29.3 Å². The first-order chi connectivity index (χ1) is 14.2. The highest BCUT2D eigenvalue weighted by molar-refractivity contribution is 6.76. The van der Waals surface area contributed by atoms with E-state index in [1.807, 2.05) is 0 Å². The minimum absolute atomic E-state index is 0.0123. The number of carbonyl (C=O) groups is 1. The molecular formula is C20H30F2N4O3Si. The number of aromatic carboxylic acids is 1. The molecule has 1 saturated heterocycles. The largest absolute Gasteiger partial charge is 0.478 e. The highest BCUT2D eigenvalue weighted by atomic mass is 28.3. The third-order valence-electron chi connectivity index (χ3n) is 5.27. The molecule has 1 aliphatic heterocycles. The Morgan fingerprint density at radius 2 is 2.00 bits per heavy atom. The van der Waals surface area contributed by atoms with Crippen molar-refractivity contribution < 1.29 is 23.4 Å². The average Bonchev–Trinajstić information content (AvgIpc) is 3.29. The Labute approximate surface area is 176 Å². The summed E-state index contributed by atoms with van der Waals surface area (Å²) in [5.41, 5.74) is -0.610. The fraction of sp³-hybridized carbons (Fsp3) is 0.600. The molecule has 10 heteroatoms. The van der Waals surface area contributed by atoms with E-state index in [2.05, 4.69) is 34.8 Å². The SMILES string of the molecule is C[Si](C)(C)CCOCn1c(NCCN2CCCC2)nc2c(F)c(F)cc(C(=O)O)c21. The van der Waals surface area contributed by atoms with Gasteiger partial charge in [-0.3, -0.25) is 4.57 Å². The van der Waals surface area contributed by atoms with Gasteiger partial charge in [0.05, 0.1) is 11.1 Å². The van der Waals surface area contributed by atoms with Gasteiger partial charge >= 0.3 is 5.97 Å². The predicted octanol–water partition coefficient (Wildman–Crippen LogP) is 3.83. The number of nitrogens with zero attached hydrogens (tertiary/aromatic N) is 3. The van der Waals surface area contributed by atoms with Crippen molar-refractivity contribution in [1.29, 1.82) is 0 Å². The maximum absolute atomic E-state index is 14.4. The second kappa shape index (κ2) is 9.40. The van der Waals surface area contributed by atoms with E-state index in [0.717, 1.165) is 25.7 Å². The van der Waals surface area contributed by atoms with Gasteiger partial charge in [0.25, 0.3) is 0 Å². The van der Waals surface area contributed by atoms with Crippen molar-refractivity contribution in [3.05, 3.63) is 23.3 Å². The van der Waals surface area contributed by atoms with Crippen LogP contribution < -0.4 is 5.32 Å². The minimum Gasteiger partial charge on any atom is -0.478 e. The quantitative estimate of drug-likeness (QED) is 0.432. The molecule has 1 fully saturated rings. The highest BCUT2D eigenvalue weighted by Gasteiger charge is 2.24. The lowest BCUT2D eigenvalue weighted by atomic mass is 10.1. The van der Waals surface area contributed by atoms with Crippen LogP contribution in [0.3, 0.4) is 0 Å². The Kier molecular flexibility index (Phi) is 7.09. The first-order valence-electron chi connectivity index (χ1n) is 10.3. The molecule has 2 aromatic rings. The van der Waals surface area contributed by atoms with E-state index in [1.54, 1.807) is 0 Å². The second-order valence-electron chi connectivity index (χ2n) is 8.91. The van der Waals surface area contributed by atoms with Gasteiger partial charge in [-0.1, -0.05) is 19.6 Å². The van der Waals surface area contributed by atoms with Crippen LogP contribution in [0.5, 0.6) is 0 Å². The van der Waals surface area contributed by atoms with Crippen LogP contribution in [-0.2, 0) is 11.5 Å². The smallest absolute Gasteiger partial charge is 0.338 e. The third kappa shape index (κ3) is 5.35. The number of aromatic nitrogens is 2. The first-order valence-corrected chi connectivity index (χ1v) is 14.0. The van der Waals surface area contributed by atoms with Gasteiger partial charge < -0.3 is 20.1 Å². The van der Waals surface area contributed by atoms with Gasteiger partial charge in [0.2, 0.25) is 5.95 Å². The van der Waals surface area contributed by atoms with Gasteiger partial charge in [-0.15, -0.1) is 0 Å². The van der Waals surface area contributed by atoms with Gasteiger partial charge in [0.15, 0.2) is 11.6 Å². The molecule has 30 heavy (non-hydrogen) atoms. The number of imidazole rings is 1. The predicted molar refractivity (Wildman–Crippen MR) is 115 cm³/mol. The molecule has 0 atom stereocenters. The number of anilines is 1. The number of hydrogen-bond donors (Lipinski definition) is 2. The summed E-state index contributed by atoms with van der Waals surface area (Å²) in [5.74, 6) is -3.44. The molecule has 0 unspecified atom stereocenters. The Balaban J connectivity index is 1.88. The number of carboxylic acid groups (broad SMARTS) is 1. The summed E-state index contributed by atoms with van der Waals surface area (Å²) in [6, 6.07) is 1.64. The van der Waals surface area contributed by atoms with E-state index in [1.165, 1.54) is 17.4 Å². The lowest BCUT2D eigenvalue weighted by Crippen LogP contribution is -2.27. The lowest BCUT2D eigenvalue weighted by molar-refractivity contribution is 0.0696. The molecule has 2 heterocycles. The molecule has 0 aliphatic carbocycles. The topological polar surface area (TPSA) is 79.6 Å².